The van der Waals surface area contributed by atoms with Gasteiger partial charge in [0.2, 0.25) is 5.91 Å². The highest BCUT2D eigenvalue weighted by Crippen LogP contribution is 2.37. The maximum absolute atomic E-state index is 12.3. The standard InChI is InChI=1S/C17H22N4O2/c22-14-8-13(9-14)17(15-5-1-2-7-18-15)21-16(23)6-3-4-12-10-19-20-11-12/h1-2,5,7,10-11,13-14,17,22H,3-4,6,8-9H2,(H,19,20)(H,21,23)/t13?,14?,17-/m1/s1. The smallest absolute Gasteiger partial charge is 0.220 e. The van der Waals surface area contributed by atoms with Crippen molar-refractivity contribution in [3.63, 3.8) is 0 Å². The third kappa shape index (κ3) is 4.16. The van der Waals surface area contributed by atoms with Gasteiger partial charge in [0.1, 0.15) is 0 Å². The molecule has 1 fully saturated rings. The van der Waals surface area contributed by atoms with Crippen LogP contribution in [-0.2, 0) is 11.2 Å². The summed E-state index contributed by atoms with van der Waals surface area (Å²) < 4.78 is 0. The average molecular weight is 314 g/mol. The van der Waals surface area contributed by atoms with Gasteiger partial charge in [-0.15, -0.1) is 0 Å². The zero-order chi connectivity index (χ0) is 16.1. The second-order valence-electron chi connectivity index (χ2n) is 6.15. The van der Waals surface area contributed by atoms with Gasteiger partial charge in [0.25, 0.3) is 0 Å². The molecule has 1 aliphatic rings. The number of nitrogens with zero attached hydrogens (tertiary/aromatic N) is 2. The minimum absolute atomic E-state index is 0.0329. The lowest BCUT2D eigenvalue weighted by Crippen LogP contribution is -2.41. The molecule has 0 radical (unpaired) electrons. The van der Waals surface area contributed by atoms with Crippen molar-refractivity contribution in [2.75, 3.05) is 0 Å². The molecule has 2 aromatic rings. The SMILES string of the molecule is O=C(CCCc1cn[nH]c1)N[C@@H](c1ccccn1)C1CC(O)C1. The maximum atomic E-state index is 12.3. The Hall–Kier alpha value is -2.21. The number of hydrogen-bond donors (Lipinski definition) is 3. The fraction of sp³-hybridized carbons (Fsp3) is 0.471. The van der Waals surface area contributed by atoms with Crippen LogP contribution < -0.4 is 5.32 Å². The van der Waals surface area contributed by atoms with Crippen LogP contribution in [0.25, 0.3) is 0 Å². The Bertz CT molecular complexity index is 609. The van der Waals surface area contributed by atoms with Crippen LogP contribution in [0.5, 0.6) is 0 Å². The molecule has 23 heavy (non-hydrogen) atoms. The monoisotopic (exact) mass is 314 g/mol. The normalized spacial score (nSPS) is 21.4. The minimum Gasteiger partial charge on any atom is -0.393 e. The zero-order valence-electron chi connectivity index (χ0n) is 13.0. The fourth-order valence-corrected chi connectivity index (χ4v) is 3.01. The Morgan fingerprint density at radius 2 is 2.30 bits per heavy atom. The summed E-state index contributed by atoms with van der Waals surface area (Å²) >= 11 is 0. The molecule has 0 saturated heterocycles. The maximum Gasteiger partial charge on any atom is 0.220 e. The largest absolute Gasteiger partial charge is 0.393 e. The van der Waals surface area contributed by atoms with Gasteiger partial charge in [0.05, 0.1) is 24.0 Å². The Kier molecular flexibility index (Phi) is 5.02. The topological polar surface area (TPSA) is 90.9 Å². The van der Waals surface area contributed by atoms with Crippen LogP contribution in [0.4, 0.5) is 0 Å². The van der Waals surface area contributed by atoms with E-state index in [1.54, 1.807) is 12.4 Å². The summed E-state index contributed by atoms with van der Waals surface area (Å²) in [6.45, 7) is 0. The number of hydrogen-bond acceptors (Lipinski definition) is 4. The molecule has 2 heterocycles. The molecule has 2 aromatic heterocycles. The highest BCUT2D eigenvalue weighted by Gasteiger charge is 2.36. The Balaban J connectivity index is 1.54. The van der Waals surface area contributed by atoms with Crippen molar-refractivity contribution in [3.05, 3.63) is 48.0 Å². The number of aryl methyl sites for hydroxylation is 1. The summed E-state index contributed by atoms with van der Waals surface area (Å²) in [5.74, 6) is 0.295. The summed E-state index contributed by atoms with van der Waals surface area (Å²) in [5, 5.41) is 19.3. The van der Waals surface area contributed by atoms with E-state index >= 15 is 0 Å². The number of aliphatic hydroxyl groups excluding tert-OH is 1. The van der Waals surface area contributed by atoms with Gasteiger partial charge < -0.3 is 10.4 Å². The van der Waals surface area contributed by atoms with Gasteiger partial charge >= 0.3 is 0 Å². The molecule has 6 heteroatoms. The third-order valence-corrected chi connectivity index (χ3v) is 4.37. The lowest BCUT2D eigenvalue weighted by molar-refractivity contribution is -0.123. The number of nitrogens with one attached hydrogen (secondary N) is 2. The molecule has 1 amide bonds. The summed E-state index contributed by atoms with van der Waals surface area (Å²) in [6, 6.07) is 5.61. The number of amides is 1. The van der Waals surface area contributed by atoms with E-state index in [2.05, 4.69) is 20.5 Å². The Morgan fingerprint density at radius 3 is 2.96 bits per heavy atom. The Labute approximate surface area is 135 Å². The van der Waals surface area contributed by atoms with Crippen LogP contribution in [0.15, 0.2) is 36.8 Å². The first-order chi connectivity index (χ1) is 11.2. The van der Waals surface area contributed by atoms with Gasteiger partial charge in [-0.1, -0.05) is 6.07 Å². The molecular formula is C17H22N4O2. The van der Waals surface area contributed by atoms with Crippen LogP contribution >= 0.6 is 0 Å². The molecule has 0 spiro atoms. The molecule has 3 N–H and O–H groups in total. The number of rotatable bonds is 7. The zero-order valence-corrected chi connectivity index (χ0v) is 13.0. The minimum atomic E-state index is -0.246. The van der Waals surface area contributed by atoms with Crippen molar-refractivity contribution in [2.24, 2.45) is 5.92 Å². The first-order valence-electron chi connectivity index (χ1n) is 8.08. The quantitative estimate of drug-likeness (QED) is 0.726. The second-order valence-corrected chi connectivity index (χ2v) is 6.15. The van der Waals surface area contributed by atoms with Crippen molar-refractivity contribution in [1.82, 2.24) is 20.5 Å². The number of H-pyrrole nitrogens is 1. The summed E-state index contributed by atoms with van der Waals surface area (Å²) in [5.41, 5.74) is 1.98. The van der Waals surface area contributed by atoms with Crippen LogP contribution in [0.1, 0.15) is 43.0 Å². The van der Waals surface area contributed by atoms with Crippen molar-refractivity contribution in [2.45, 2.75) is 44.2 Å². The molecule has 3 rings (SSSR count). The number of carbonyl (C=O) groups excluding carboxylic acids is 1. The van der Waals surface area contributed by atoms with Gasteiger partial charge in [-0.25, -0.2) is 0 Å². The second kappa shape index (κ2) is 7.37. The molecule has 0 aliphatic heterocycles. The van der Waals surface area contributed by atoms with E-state index in [4.69, 9.17) is 0 Å². The number of aromatic amines is 1. The van der Waals surface area contributed by atoms with Crippen molar-refractivity contribution >= 4 is 5.91 Å². The molecule has 122 valence electrons. The summed E-state index contributed by atoms with van der Waals surface area (Å²) in [6.07, 6.45) is 8.66. The number of aliphatic hydroxyl groups is 1. The van der Waals surface area contributed by atoms with Crippen LogP contribution in [0.3, 0.4) is 0 Å². The van der Waals surface area contributed by atoms with Gasteiger partial charge in [0.15, 0.2) is 0 Å². The molecule has 1 aliphatic carbocycles. The van der Waals surface area contributed by atoms with E-state index in [0.717, 1.165) is 36.9 Å². The van der Waals surface area contributed by atoms with Gasteiger partial charge in [-0.2, -0.15) is 5.10 Å². The number of pyridine rings is 1. The van der Waals surface area contributed by atoms with Crippen LogP contribution in [-0.4, -0.2) is 32.3 Å². The molecule has 0 unspecified atom stereocenters. The van der Waals surface area contributed by atoms with E-state index in [0.29, 0.717) is 6.42 Å². The van der Waals surface area contributed by atoms with Gasteiger partial charge in [-0.3, -0.25) is 14.9 Å². The lowest BCUT2D eigenvalue weighted by Gasteiger charge is -2.37. The van der Waals surface area contributed by atoms with Crippen molar-refractivity contribution in [1.29, 1.82) is 0 Å². The number of aromatic nitrogens is 3. The molecule has 0 aromatic carbocycles. The molecule has 1 saturated carbocycles. The first kappa shape index (κ1) is 15.7. The first-order valence-corrected chi connectivity index (χ1v) is 8.08. The van der Waals surface area contributed by atoms with Crippen LogP contribution in [0, 0.1) is 5.92 Å². The fourth-order valence-electron chi connectivity index (χ4n) is 3.01. The highest BCUT2D eigenvalue weighted by molar-refractivity contribution is 5.76. The van der Waals surface area contributed by atoms with E-state index in [9.17, 15) is 9.90 Å². The highest BCUT2D eigenvalue weighted by atomic mass is 16.3. The van der Waals surface area contributed by atoms with E-state index in [-0.39, 0.29) is 24.0 Å². The van der Waals surface area contributed by atoms with E-state index in [1.807, 2.05) is 24.4 Å². The van der Waals surface area contributed by atoms with Crippen molar-refractivity contribution in [3.8, 4) is 0 Å². The van der Waals surface area contributed by atoms with Gasteiger partial charge in [-0.05, 0) is 49.3 Å². The number of carbonyl (C=O) groups is 1. The molecule has 6 nitrogen and oxygen atoms in total. The van der Waals surface area contributed by atoms with E-state index in [1.165, 1.54) is 0 Å². The Morgan fingerprint density at radius 1 is 1.43 bits per heavy atom. The summed E-state index contributed by atoms with van der Waals surface area (Å²) in [7, 11) is 0. The van der Waals surface area contributed by atoms with Gasteiger partial charge in [0, 0.05) is 18.8 Å². The lowest BCUT2D eigenvalue weighted by atomic mass is 9.76. The van der Waals surface area contributed by atoms with Crippen molar-refractivity contribution < 1.29 is 9.90 Å². The summed E-state index contributed by atoms with van der Waals surface area (Å²) in [4.78, 5) is 16.6. The molecular weight excluding hydrogens is 292 g/mol. The predicted octanol–water partition coefficient (Wildman–Crippen LogP) is 1.76. The predicted molar refractivity (Wildman–Crippen MR) is 85.4 cm³/mol. The van der Waals surface area contributed by atoms with Crippen LogP contribution in [0.2, 0.25) is 0 Å². The van der Waals surface area contributed by atoms with E-state index < -0.39 is 0 Å². The third-order valence-electron chi connectivity index (χ3n) is 4.37. The molecule has 1 atom stereocenters. The average Bonchev–Trinajstić information content (AvgIpc) is 3.04. The molecule has 0 bridgehead atoms.